The molecule has 7 heteroatoms. The first kappa shape index (κ1) is 21.3. The molecule has 2 aromatic carbocycles. The molecule has 0 radical (unpaired) electrons. The van der Waals surface area contributed by atoms with Crippen molar-refractivity contribution < 1.29 is 9.59 Å². The molecule has 2 aliphatic rings. The molecule has 0 bridgehead atoms. The molecule has 2 aromatic rings. The van der Waals surface area contributed by atoms with Crippen LogP contribution in [0.15, 0.2) is 54.6 Å². The second kappa shape index (κ2) is 9.94. The van der Waals surface area contributed by atoms with Gasteiger partial charge in [-0.2, -0.15) is 0 Å². The Morgan fingerprint density at radius 3 is 2.65 bits per heavy atom. The van der Waals surface area contributed by atoms with Crippen LogP contribution < -0.4 is 21.5 Å². The van der Waals surface area contributed by atoms with Crippen LogP contribution in [0.1, 0.15) is 54.1 Å². The maximum atomic E-state index is 12.8. The molecule has 1 heterocycles. The molecule has 2 unspecified atom stereocenters. The number of hydrogen-bond acceptors (Lipinski definition) is 4. The summed E-state index contributed by atoms with van der Waals surface area (Å²) in [6, 6.07) is 18.4. The summed E-state index contributed by atoms with van der Waals surface area (Å²) in [6.07, 6.45) is 5.03. The molecule has 1 aliphatic heterocycles. The van der Waals surface area contributed by atoms with Crippen LogP contribution in [0.3, 0.4) is 0 Å². The van der Waals surface area contributed by atoms with Gasteiger partial charge in [-0.25, -0.2) is 4.79 Å². The highest BCUT2D eigenvalue weighted by molar-refractivity contribution is 5.96. The van der Waals surface area contributed by atoms with Crippen molar-refractivity contribution in [1.29, 1.82) is 0 Å². The van der Waals surface area contributed by atoms with Crippen molar-refractivity contribution in [2.24, 2.45) is 0 Å². The summed E-state index contributed by atoms with van der Waals surface area (Å²) in [5.41, 5.74) is 9.27. The second-order valence-corrected chi connectivity index (χ2v) is 8.51. The van der Waals surface area contributed by atoms with Gasteiger partial charge in [-0.1, -0.05) is 36.4 Å². The van der Waals surface area contributed by atoms with Crippen LogP contribution in [0.2, 0.25) is 0 Å². The highest BCUT2D eigenvalue weighted by atomic mass is 16.2. The number of hydrogen-bond donors (Lipinski definition) is 4. The smallest absolute Gasteiger partial charge is 0.319 e. The molecule has 0 spiro atoms. The average Bonchev–Trinajstić information content (AvgIpc) is 3.47. The first-order valence-corrected chi connectivity index (χ1v) is 11.1. The number of nitrogens with zero attached hydrogens (tertiary/aromatic N) is 1. The monoisotopic (exact) mass is 421 g/mol. The fourth-order valence-corrected chi connectivity index (χ4v) is 3.92. The first-order valence-electron chi connectivity index (χ1n) is 11.1. The van der Waals surface area contributed by atoms with Gasteiger partial charge in [-0.15, -0.1) is 0 Å². The summed E-state index contributed by atoms with van der Waals surface area (Å²) in [7, 11) is 1.83. The van der Waals surface area contributed by atoms with Crippen molar-refractivity contribution in [2.75, 3.05) is 18.9 Å². The number of amides is 3. The average molecular weight is 422 g/mol. The number of urea groups is 1. The van der Waals surface area contributed by atoms with Gasteiger partial charge in [0.05, 0.1) is 0 Å². The molecule has 4 rings (SSSR count). The predicted octanol–water partition coefficient (Wildman–Crippen LogP) is 3.43. The minimum absolute atomic E-state index is 0.0362. The third-order valence-corrected chi connectivity index (χ3v) is 5.86. The number of hydrazine groups is 1. The van der Waals surface area contributed by atoms with Crippen molar-refractivity contribution in [3.8, 4) is 0 Å². The van der Waals surface area contributed by atoms with E-state index in [0.29, 0.717) is 35.9 Å². The van der Waals surface area contributed by atoms with E-state index >= 15 is 0 Å². The number of carbonyl (C=O) groups excluding carboxylic acids is 2. The van der Waals surface area contributed by atoms with Crippen LogP contribution in [0.25, 0.3) is 0 Å². The van der Waals surface area contributed by atoms with Crippen molar-refractivity contribution in [2.45, 2.75) is 50.2 Å². The van der Waals surface area contributed by atoms with E-state index in [2.05, 4.69) is 45.8 Å². The summed E-state index contributed by atoms with van der Waals surface area (Å²) >= 11 is 0. The van der Waals surface area contributed by atoms with Gasteiger partial charge in [-0.05, 0) is 55.9 Å². The standard InChI is InChI=1S/C24H31N5O2/c1-29(14-6-11-21-16-22(28-27-21)17-7-3-2-4-8-17)23(30)18-9-5-10-20(15-18)26-24(31)25-19-12-13-19/h2-5,7-10,15,19,21-22,27-28H,6,11-14,16H2,1H3,(H2,25,26,31). The lowest BCUT2D eigenvalue weighted by Crippen LogP contribution is -2.32. The van der Waals surface area contributed by atoms with Crippen molar-refractivity contribution >= 4 is 17.6 Å². The molecule has 7 nitrogen and oxygen atoms in total. The van der Waals surface area contributed by atoms with Gasteiger partial charge < -0.3 is 15.5 Å². The zero-order valence-electron chi connectivity index (χ0n) is 17.9. The molecule has 1 saturated heterocycles. The lowest BCUT2D eigenvalue weighted by Gasteiger charge is -2.19. The third kappa shape index (κ3) is 6.06. The zero-order chi connectivity index (χ0) is 21.6. The Balaban J connectivity index is 1.21. The van der Waals surface area contributed by atoms with Crippen molar-refractivity contribution in [3.05, 3.63) is 65.7 Å². The Labute approximate surface area is 183 Å². The van der Waals surface area contributed by atoms with Gasteiger partial charge >= 0.3 is 6.03 Å². The number of nitrogens with one attached hydrogen (secondary N) is 4. The lowest BCUT2D eigenvalue weighted by atomic mass is 10.00. The quantitative estimate of drug-likeness (QED) is 0.526. The highest BCUT2D eigenvalue weighted by Crippen LogP contribution is 2.24. The minimum atomic E-state index is -0.216. The van der Waals surface area contributed by atoms with Gasteiger partial charge in [0, 0.05) is 43.0 Å². The Kier molecular flexibility index (Phi) is 6.84. The summed E-state index contributed by atoms with van der Waals surface area (Å²) in [5, 5.41) is 5.69. The van der Waals surface area contributed by atoms with Crippen molar-refractivity contribution in [3.63, 3.8) is 0 Å². The number of benzene rings is 2. The van der Waals surface area contributed by atoms with Crippen molar-refractivity contribution in [1.82, 2.24) is 21.1 Å². The molecule has 3 amide bonds. The topological polar surface area (TPSA) is 85.5 Å². The summed E-state index contributed by atoms with van der Waals surface area (Å²) in [4.78, 5) is 26.5. The molecule has 2 atom stereocenters. The molecule has 2 fully saturated rings. The molecule has 1 aliphatic carbocycles. The first-order chi connectivity index (χ1) is 15.1. The maximum Gasteiger partial charge on any atom is 0.319 e. The van der Waals surface area contributed by atoms with Crippen LogP contribution in [0.4, 0.5) is 10.5 Å². The number of anilines is 1. The van der Waals surface area contributed by atoms with Gasteiger partial charge in [0.2, 0.25) is 0 Å². The van der Waals surface area contributed by atoms with E-state index in [1.165, 1.54) is 5.56 Å². The van der Waals surface area contributed by atoms with E-state index in [-0.39, 0.29) is 11.9 Å². The van der Waals surface area contributed by atoms with Crippen LogP contribution in [-0.2, 0) is 0 Å². The fraction of sp³-hybridized carbons (Fsp3) is 0.417. The molecule has 4 N–H and O–H groups in total. The van der Waals surface area contributed by atoms with Gasteiger partial charge in [0.25, 0.3) is 5.91 Å². The Bertz CT molecular complexity index is 900. The largest absolute Gasteiger partial charge is 0.342 e. The Hall–Kier alpha value is -2.90. The predicted molar refractivity (Wildman–Crippen MR) is 122 cm³/mol. The van der Waals surface area contributed by atoms with Crippen LogP contribution in [0, 0.1) is 0 Å². The van der Waals surface area contributed by atoms with Crippen LogP contribution in [-0.4, -0.2) is 42.5 Å². The van der Waals surface area contributed by atoms with E-state index in [0.717, 1.165) is 32.1 Å². The van der Waals surface area contributed by atoms with E-state index in [1.807, 2.05) is 13.1 Å². The Morgan fingerprint density at radius 1 is 1.06 bits per heavy atom. The molecule has 31 heavy (non-hydrogen) atoms. The fourth-order valence-electron chi connectivity index (χ4n) is 3.92. The minimum Gasteiger partial charge on any atom is -0.342 e. The zero-order valence-corrected chi connectivity index (χ0v) is 17.9. The molecular formula is C24H31N5O2. The molecule has 164 valence electrons. The van der Waals surface area contributed by atoms with E-state index in [9.17, 15) is 9.59 Å². The summed E-state index contributed by atoms with van der Waals surface area (Å²) < 4.78 is 0. The third-order valence-electron chi connectivity index (χ3n) is 5.86. The Morgan fingerprint density at radius 2 is 1.87 bits per heavy atom. The van der Waals surface area contributed by atoms with E-state index in [1.54, 1.807) is 29.2 Å². The van der Waals surface area contributed by atoms with Crippen LogP contribution in [0.5, 0.6) is 0 Å². The van der Waals surface area contributed by atoms with Gasteiger partial charge in [0.15, 0.2) is 0 Å². The SMILES string of the molecule is CN(CCCC1CC(c2ccccc2)NN1)C(=O)c1cccc(NC(=O)NC2CC2)c1. The molecular weight excluding hydrogens is 390 g/mol. The van der Waals surface area contributed by atoms with E-state index < -0.39 is 0 Å². The number of rotatable bonds is 8. The van der Waals surface area contributed by atoms with Gasteiger partial charge in [-0.3, -0.25) is 15.6 Å². The number of carbonyl (C=O) groups is 2. The lowest BCUT2D eigenvalue weighted by molar-refractivity contribution is 0.0791. The van der Waals surface area contributed by atoms with Gasteiger partial charge in [0.1, 0.15) is 0 Å². The van der Waals surface area contributed by atoms with Crippen LogP contribution >= 0.6 is 0 Å². The normalized spacial score (nSPS) is 20.3. The highest BCUT2D eigenvalue weighted by Gasteiger charge is 2.25. The van der Waals surface area contributed by atoms with E-state index in [4.69, 9.17) is 0 Å². The molecule has 0 aromatic heterocycles. The summed E-state index contributed by atoms with van der Waals surface area (Å²) in [5.74, 6) is -0.0362. The maximum absolute atomic E-state index is 12.8. The summed E-state index contributed by atoms with van der Waals surface area (Å²) in [6.45, 7) is 0.687. The second-order valence-electron chi connectivity index (χ2n) is 8.51. The molecule has 1 saturated carbocycles.